The number of benzene rings is 1. The number of para-hydroxylation sites is 2. The second kappa shape index (κ2) is 7.53. The van der Waals surface area contributed by atoms with Crippen molar-refractivity contribution in [3.05, 3.63) is 24.3 Å². The molecule has 112 valence electrons. The van der Waals surface area contributed by atoms with Crippen LogP contribution in [0.4, 0.5) is 0 Å². The molecule has 1 fully saturated rings. The number of rotatable bonds is 6. The Morgan fingerprint density at radius 3 is 2.60 bits per heavy atom. The van der Waals surface area contributed by atoms with Gasteiger partial charge in [0.1, 0.15) is 6.10 Å². The second-order valence-electron chi connectivity index (χ2n) is 6.08. The SMILES string of the molecule is CC(C)COc1ccccc1OC(C)C1CCCNC1. The molecule has 2 rings (SSSR count). The standard InChI is InChI=1S/C17H27NO2/c1-13(2)12-19-16-8-4-5-9-17(16)20-14(3)15-7-6-10-18-11-15/h4-5,8-9,13-15,18H,6-7,10-12H2,1-3H3. The minimum Gasteiger partial charge on any atom is -0.489 e. The summed E-state index contributed by atoms with van der Waals surface area (Å²) in [5, 5.41) is 3.44. The third-order valence-corrected chi connectivity index (χ3v) is 3.73. The first kappa shape index (κ1) is 15.2. The quantitative estimate of drug-likeness (QED) is 0.863. The van der Waals surface area contributed by atoms with Crippen LogP contribution in [0, 0.1) is 11.8 Å². The van der Waals surface area contributed by atoms with Crippen LogP contribution in [-0.2, 0) is 0 Å². The van der Waals surface area contributed by atoms with Crippen molar-refractivity contribution in [3.63, 3.8) is 0 Å². The Morgan fingerprint density at radius 2 is 1.95 bits per heavy atom. The summed E-state index contributed by atoms with van der Waals surface area (Å²) in [6, 6.07) is 7.99. The van der Waals surface area contributed by atoms with E-state index >= 15 is 0 Å². The van der Waals surface area contributed by atoms with Crippen molar-refractivity contribution in [2.75, 3.05) is 19.7 Å². The molecule has 1 aliphatic rings. The van der Waals surface area contributed by atoms with Crippen LogP contribution in [0.3, 0.4) is 0 Å². The maximum atomic E-state index is 6.15. The molecule has 0 aliphatic carbocycles. The molecule has 1 N–H and O–H groups in total. The summed E-state index contributed by atoms with van der Waals surface area (Å²) < 4.78 is 12.0. The van der Waals surface area contributed by atoms with Crippen molar-refractivity contribution in [1.29, 1.82) is 0 Å². The first-order chi connectivity index (χ1) is 9.66. The number of hydrogen-bond donors (Lipinski definition) is 1. The molecule has 1 aromatic carbocycles. The van der Waals surface area contributed by atoms with Gasteiger partial charge in [0.05, 0.1) is 6.61 Å². The van der Waals surface area contributed by atoms with Crippen LogP contribution in [0.1, 0.15) is 33.6 Å². The molecular formula is C17H27NO2. The molecule has 1 heterocycles. The van der Waals surface area contributed by atoms with Gasteiger partial charge in [0, 0.05) is 12.5 Å². The largest absolute Gasteiger partial charge is 0.489 e. The first-order valence-corrected chi connectivity index (χ1v) is 7.76. The van der Waals surface area contributed by atoms with Crippen LogP contribution < -0.4 is 14.8 Å². The molecule has 2 unspecified atom stereocenters. The van der Waals surface area contributed by atoms with E-state index in [1.807, 2.05) is 24.3 Å². The molecule has 0 bridgehead atoms. The number of nitrogens with one attached hydrogen (secondary N) is 1. The van der Waals surface area contributed by atoms with Crippen LogP contribution in [-0.4, -0.2) is 25.8 Å². The van der Waals surface area contributed by atoms with Gasteiger partial charge in [0.15, 0.2) is 11.5 Å². The molecule has 0 aromatic heterocycles. The normalized spacial score (nSPS) is 20.7. The molecule has 1 aliphatic heterocycles. The summed E-state index contributed by atoms with van der Waals surface area (Å²) in [6.07, 6.45) is 2.69. The summed E-state index contributed by atoms with van der Waals surface area (Å²) in [5.41, 5.74) is 0. The lowest BCUT2D eigenvalue weighted by Crippen LogP contribution is -2.37. The minimum atomic E-state index is 0.214. The van der Waals surface area contributed by atoms with E-state index in [1.54, 1.807) is 0 Å². The zero-order chi connectivity index (χ0) is 14.4. The zero-order valence-corrected chi connectivity index (χ0v) is 12.9. The van der Waals surface area contributed by atoms with Gasteiger partial charge < -0.3 is 14.8 Å². The van der Waals surface area contributed by atoms with E-state index in [0.29, 0.717) is 11.8 Å². The fourth-order valence-corrected chi connectivity index (χ4v) is 2.50. The van der Waals surface area contributed by atoms with Crippen molar-refractivity contribution in [2.24, 2.45) is 11.8 Å². The van der Waals surface area contributed by atoms with Gasteiger partial charge in [0.2, 0.25) is 0 Å². The monoisotopic (exact) mass is 277 g/mol. The summed E-state index contributed by atoms with van der Waals surface area (Å²) in [6.45, 7) is 9.38. The highest BCUT2D eigenvalue weighted by Crippen LogP contribution is 2.30. The van der Waals surface area contributed by atoms with E-state index in [2.05, 4.69) is 26.1 Å². The van der Waals surface area contributed by atoms with Gasteiger partial charge >= 0.3 is 0 Å². The van der Waals surface area contributed by atoms with Gasteiger partial charge in [0.25, 0.3) is 0 Å². The van der Waals surface area contributed by atoms with Crippen molar-refractivity contribution in [1.82, 2.24) is 5.32 Å². The molecule has 20 heavy (non-hydrogen) atoms. The average molecular weight is 277 g/mol. The highest BCUT2D eigenvalue weighted by molar-refractivity contribution is 5.39. The molecule has 0 spiro atoms. The van der Waals surface area contributed by atoms with Gasteiger partial charge in [-0.1, -0.05) is 26.0 Å². The third-order valence-electron chi connectivity index (χ3n) is 3.73. The van der Waals surface area contributed by atoms with E-state index in [9.17, 15) is 0 Å². The molecule has 0 radical (unpaired) electrons. The molecular weight excluding hydrogens is 250 g/mol. The average Bonchev–Trinajstić information content (AvgIpc) is 2.47. The van der Waals surface area contributed by atoms with Gasteiger partial charge in [-0.2, -0.15) is 0 Å². The van der Waals surface area contributed by atoms with Gasteiger partial charge in [-0.15, -0.1) is 0 Å². The predicted molar refractivity (Wildman–Crippen MR) is 82.5 cm³/mol. The lowest BCUT2D eigenvalue weighted by molar-refractivity contribution is 0.124. The van der Waals surface area contributed by atoms with Crippen molar-refractivity contribution < 1.29 is 9.47 Å². The van der Waals surface area contributed by atoms with Crippen molar-refractivity contribution >= 4 is 0 Å². The lowest BCUT2D eigenvalue weighted by Gasteiger charge is -2.29. The fourth-order valence-electron chi connectivity index (χ4n) is 2.50. The Labute approximate surface area is 122 Å². The van der Waals surface area contributed by atoms with E-state index in [0.717, 1.165) is 31.2 Å². The molecule has 1 saturated heterocycles. The number of hydrogen-bond acceptors (Lipinski definition) is 3. The Kier molecular flexibility index (Phi) is 5.72. The predicted octanol–water partition coefficient (Wildman–Crippen LogP) is 3.49. The van der Waals surface area contributed by atoms with E-state index in [1.165, 1.54) is 12.8 Å². The number of piperidine rings is 1. The van der Waals surface area contributed by atoms with Crippen LogP contribution in [0.5, 0.6) is 11.5 Å². The minimum absolute atomic E-state index is 0.214. The highest BCUT2D eigenvalue weighted by atomic mass is 16.5. The maximum absolute atomic E-state index is 6.15. The summed E-state index contributed by atoms with van der Waals surface area (Å²) in [4.78, 5) is 0. The smallest absolute Gasteiger partial charge is 0.161 e. The molecule has 0 amide bonds. The fraction of sp³-hybridized carbons (Fsp3) is 0.647. The van der Waals surface area contributed by atoms with Crippen molar-refractivity contribution in [2.45, 2.75) is 39.7 Å². The van der Waals surface area contributed by atoms with Crippen LogP contribution >= 0.6 is 0 Å². The molecule has 2 atom stereocenters. The van der Waals surface area contributed by atoms with E-state index in [4.69, 9.17) is 9.47 Å². The van der Waals surface area contributed by atoms with Crippen molar-refractivity contribution in [3.8, 4) is 11.5 Å². The summed E-state index contributed by atoms with van der Waals surface area (Å²) in [7, 11) is 0. The Bertz CT molecular complexity index is 400. The maximum Gasteiger partial charge on any atom is 0.161 e. The first-order valence-electron chi connectivity index (χ1n) is 7.76. The van der Waals surface area contributed by atoms with E-state index < -0.39 is 0 Å². The third kappa shape index (κ3) is 4.41. The van der Waals surface area contributed by atoms with Crippen LogP contribution in [0.15, 0.2) is 24.3 Å². The molecule has 0 saturated carbocycles. The van der Waals surface area contributed by atoms with Gasteiger partial charge in [-0.05, 0) is 44.4 Å². The molecule has 3 heteroatoms. The Balaban J connectivity index is 1.96. The summed E-state index contributed by atoms with van der Waals surface area (Å²) >= 11 is 0. The van der Waals surface area contributed by atoms with Gasteiger partial charge in [-0.25, -0.2) is 0 Å². The molecule has 1 aromatic rings. The topological polar surface area (TPSA) is 30.5 Å². The second-order valence-corrected chi connectivity index (χ2v) is 6.08. The number of ether oxygens (including phenoxy) is 2. The highest BCUT2D eigenvalue weighted by Gasteiger charge is 2.22. The Morgan fingerprint density at radius 1 is 1.20 bits per heavy atom. The Hall–Kier alpha value is -1.22. The van der Waals surface area contributed by atoms with Gasteiger partial charge in [-0.3, -0.25) is 0 Å². The van der Waals surface area contributed by atoms with E-state index in [-0.39, 0.29) is 6.10 Å². The van der Waals surface area contributed by atoms with Crippen LogP contribution in [0.2, 0.25) is 0 Å². The lowest BCUT2D eigenvalue weighted by atomic mass is 9.94. The zero-order valence-electron chi connectivity index (χ0n) is 12.9. The van der Waals surface area contributed by atoms with Crippen LogP contribution in [0.25, 0.3) is 0 Å². The summed E-state index contributed by atoms with van der Waals surface area (Å²) in [5.74, 6) is 2.83. The molecule has 3 nitrogen and oxygen atoms in total.